The highest BCUT2D eigenvalue weighted by Gasteiger charge is 2.40. The third kappa shape index (κ3) is 2.54. The van der Waals surface area contributed by atoms with Crippen molar-refractivity contribution >= 4 is 11.6 Å². The Morgan fingerprint density at radius 3 is 2.47 bits per heavy atom. The van der Waals surface area contributed by atoms with Crippen LogP contribution >= 0.6 is 11.6 Å². The van der Waals surface area contributed by atoms with Crippen molar-refractivity contribution in [2.45, 2.75) is 25.8 Å². The zero-order valence-electron chi connectivity index (χ0n) is 11.4. The molecule has 1 fully saturated rings. The summed E-state index contributed by atoms with van der Waals surface area (Å²) < 4.78 is 11.4. The van der Waals surface area contributed by atoms with Gasteiger partial charge in [0.1, 0.15) is 0 Å². The zero-order chi connectivity index (χ0) is 13.4. The van der Waals surface area contributed by atoms with Gasteiger partial charge in [-0.3, -0.25) is 0 Å². The first-order valence-electron chi connectivity index (χ1n) is 6.97. The van der Waals surface area contributed by atoms with Gasteiger partial charge in [-0.2, -0.15) is 0 Å². The van der Waals surface area contributed by atoms with Crippen LogP contribution in [0.4, 0.5) is 0 Å². The quantitative estimate of drug-likeness (QED) is 0.921. The minimum atomic E-state index is 0.305. The lowest BCUT2D eigenvalue weighted by Gasteiger charge is -2.20. The fraction of sp³-hybridized carbons (Fsp3) is 0.600. The van der Waals surface area contributed by atoms with Gasteiger partial charge in [0.2, 0.25) is 0 Å². The van der Waals surface area contributed by atoms with Crippen LogP contribution in [0, 0.1) is 11.8 Å². The van der Waals surface area contributed by atoms with Crippen molar-refractivity contribution in [3.8, 4) is 11.5 Å². The topological polar surface area (TPSA) is 30.5 Å². The monoisotopic (exact) mass is 281 g/mol. The molecule has 0 saturated heterocycles. The van der Waals surface area contributed by atoms with E-state index in [4.69, 9.17) is 21.1 Å². The van der Waals surface area contributed by atoms with Gasteiger partial charge in [0.15, 0.2) is 11.5 Å². The van der Waals surface area contributed by atoms with Crippen LogP contribution in [0.15, 0.2) is 12.1 Å². The molecule has 1 aliphatic carbocycles. The highest BCUT2D eigenvalue weighted by atomic mass is 35.5. The summed E-state index contributed by atoms with van der Waals surface area (Å²) in [6.07, 6.45) is 2.17. The van der Waals surface area contributed by atoms with Crippen molar-refractivity contribution in [3.05, 3.63) is 22.7 Å². The summed E-state index contributed by atoms with van der Waals surface area (Å²) in [6.45, 7) is 3.68. The molecule has 0 radical (unpaired) electrons. The van der Waals surface area contributed by atoms with Crippen LogP contribution in [0.1, 0.15) is 31.4 Å². The summed E-state index contributed by atoms with van der Waals surface area (Å²) in [4.78, 5) is 0. The normalized spacial score (nSPS) is 26.7. The van der Waals surface area contributed by atoms with E-state index in [0.717, 1.165) is 34.4 Å². The van der Waals surface area contributed by atoms with Gasteiger partial charge in [-0.25, -0.2) is 0 Å². The smallest absolute Gasteiger partial charge is 0.162 e. The van der Waals surface area contributed by atoms with Crippen molar-refractivity contribution in [1.82, 2.24) is 5.32 Å². The van der Waals surface area contributed by atoms with Gasteiger partial charge in [-0.05, 0) is 36.9 Å². The highest BCUT2D eigenvalue weighted by Crippen LogP contribution is 2.49. The summed E-state index contributed by atoms with van der Waals surface area (Å²) in [5, 5.41) is 4.16. The SMILES string of the molecule is CNC(c1cc2c(cc1Cl)OCCCO2)C1CC1C. The van der Waals surface area contributed by atoms with E-state index in [1.807, 2.05) is 13.1 Å². The number of halogens is 1. The Hall–Kier alpha value is -0.930. The molecule has 1 aromatic rings. The van der Waals surface area contributed by atoms with E-state index in [9.17, 15) is 0 Å². The second-order valence-electron chi connectivity index (χ2n) is 5.51. The molecule has 1 N–H and O–H groups in total. The van der Waals surface area contributed by atoms with Gasteiger partial charge in [-0.15, -0.1) is 0 Å². The third-order valence-corrected chi connectivity index (χ3v) is 4.44. The van der Waals surface area contributed by atoms with E-state index in [-0.39, 0.29) is 0 Å². The fourth-order valence-corrected chi connectivity index (χ4v) is 3.12. The average Bonchev–Trinajstić information content (AvgIpc) is 3.14. The van der Waals surface area contributed by atoms with Gasteiger partial charge >= 0.3 is 0 Å². The van der Waals surface area contributed by atoms with Crippen molar-refractivity contribution < 1.29 is 9.47 Å². The average molecular weight is 282 g/mol. The maximum Gasteiger partial charge on any atom is 0.162 e. The Labute approximate surface area is 119 Å². The van der Waals surface area contributed by atoms with Crippen LogP contribution < -0.4 is 14.8 Å². The number of rotatable bonds is 3. The van der Waals surface area contributed by atoms with E-state index in [2.05, 4.69) is 18.3 Å². The Bertz CT molecular complexity index is 477. The predicted octanol–water partition coefficient (Wildman–Crippen LogP) is 3.42. The van der Waals surface area contributed by atoms with E-state index in [0.29, 0.717) is 25.2 Å². The lowest BCUT2D eigenvalue weighted by atomic mass is 10.0. The minimum absolute atomic E-state index is 0.305. The highest BCUT2D eigenvalue weighted by molar-refractivity contribution is 6.31. The summed E-state index contributed by atoms with van der Waals surface area (Å²) in [5.41, 5.74) is 1.13. The van der Waals surface area contributed by atoms with Crippen LogP contribution in [0.2, 0.25) is 5.02 Å². The number of hydrogen-bond acceptors (Lipinski definition) is 3. The number of benzene rings is 1. The summed E-state index contributed by atoms with van der Waals surface area (Å²) in [7, 11) is 2.00. The third-order valence-electron chi connectivity index (χ3n) is 4.11. The minimum Gasteiger partial charge on any atom is -0.490 e. The van der Waals surface area contributed by atoms with E-state index >= 15 is 0 Å². The summed E-state index contributed by atoms with van der Waals surface area (Å²) in [6, 6.07) is 4.25. The lowest BCUT2D eigenvalue weighted by molar-refractivity contribution is 0.297. The van der Waals surface area contributed by atoms with Crippen LogP contribution in [-0.2, 0) is 0 Å². The Morgan fingerprint density at radius 1 is 1.26 bits per heavy atom. The molecule has 1 heterocycles. The molecule has 3 nitrogen and oxygen atoms in total. The van der Waals surface area contributed by atoms with Crippen molar-refractivity contribution in [2.24, 2.45) is 11.8 Å². The van der Waals surface area contributed by atoms with Gasteiger partial charge in [0.05, 0.1) is 13.2 Å². The van der Waals surface area contributed by atoms with Crippen molar-refractivity contribution in [2.75, 3.05) is 20.3 Å². The molecular weight excluding hydrogens is 262 g/mol. The molecule has 1 aliphatic heterocycles. The Morgan fingerprint density at radius 2 is 1.89 bits per heavy atom. The lowest BCUT2D eigenvalue weighted by Crippen LogP contribution is -2.19. The number of hydrogen-bond donors (Lipinski definition) is 1. The first-order chi connectivity index (χ1) is 9.20. The molecule has 19 heavy (non-hydrogen) atoms. The molecule has 1 saturated carbocycles. The molecule has 0 amide bonds. The van der Waals surface area contributed by atoms with Gasteiger partial charge in [-0.1, -0.05) is 18.5 Å². The molecule has 0 bridgehead atoms. The number of nitrogens with one attached hydrogen (secondary N) is 1. The first kappa shape index (κ1) is 13.1. The van der Waals surface area contributed by atoms with Gasteiger partial charge in [0.25, 0.3) is 0 Å². The Balaban J connectivity index is 1.94. The van der Waals surface area contributed by atoms with Crippen LogP contribution in [-0.4, -0.2) is 20.3 Å². The second kappa shape index (κ2) is 5.22. The molecular formula is C15H20ClNO2. The number of fused-ring (bicyclic) bond motifs is 1. The maximum absolute atomic E-state index is 6.43. The van der Waals surface area contributed by atoms with E-state index in [1.54, 1.807) is 0 Å². The summed E-state index contributed by atoms with van der Waals surface area (Å²) in [5.74, 6) is 3.03. The molecule has 1 aromatic carbocycles. The van der Waals surface area contributed by atoms with Crippen LogP contribution in [0.3, 0.4) is 0 Å². The molecule has 2 aliphatic rings. The fourth-order valence-electron chi connectivity index (χ4n) is 2.85. The van der Waals surface area contributed by atoms with Gasteiger partial charge in [0, 0.05) is 23.6 Å². The zero-order valence-corrected chi connectivity index (χ0v) is 12.2. The second-order valence-corrected chi connectivity index (χ2v) is 5.92. The Kier molecular flexibility index (Phi) is 3.59. The van der Waals surface area contributed by atoms with Crippen LogP contribution in [0.25, 0.3) is 0 Å². The van der Waals surface area contributed by atoms with Gasteiger partial charge < -0.3 is 14.8 Å². The standard InChI is InChI=1S/C15H20ClNO2/c1-9-6-10(9)15(17-2)11-7-13-14(8-12(11)16)19-5-3-4-18-13/h7-10,15,17H,3-6H2,1-2H3. The number of ether oxygens (including phenoxy) is 2. The predicted molar refractivity (Wildman–Crippen MR) is 76.1 cm³/mol. The largest absolute Gasteiger partial charge is 0.490 e. The maximum atomic E-state index is 6.43. The van der Waals surface area contributed by atoms with Crippen molar-refractivity contribution in [3.63, 3.8) is 0 Å². The first-order valence-corrected chi connectivity index (χ1v) is 7.35. The van der Waals surface area contributed by atoms with E-state index < -0.39 is 0 Å². The molecule has 3 rings (SSSR count). The molecule has 4 heteroatoms. The van der Waals surface area contributed by atoms with Crippen LogP contribution in [0.5, 0.6) is 11.5 Å². The van der Waals surface area contributed by atoms with Crippen molar-refractivity contribution in [1.29, 1.82) is 0 Å². The molecule has 3 atom stereocenters. The molecule has 0 spiro atoms. The molecule has 0 aromatic heterocycles. The molecule has 3 unspecified atom stereocenters. The molecule has 104 valence electrons. The van der Waals surface area contributed by atoms with E-state index in [1.165, 1.54) is 6.42 Å². The summed E-state index contributed by atoms with van der Waals surface area (Å²) >= 11 is 6.43.